The molecule has 23 heavy (non-hydrogen) atoms. The van der Waals surface area contributed by atoms with E-state index in [0.717, 1.165) is 36.8 Å². The first-order valence-electron chi connectivity index (χ1n) is 8.56. The van der Waals surface area contributed by atoms with E-state index >= 15 is 0 Å². The maximum absolute atomic E-state index is 11.3. The minimum atomic E-state index is -0.481. The Bertz CT molecular complexity index is 539. The number of aliphatic hydroxyl groups is 1. The fraction of sp³-hybridized carbons (Fsp3) is 0.650. The lowest BCUT2D eigenvalue weighted by Crippen LogP contribution is -2.34. The van der Waals surface area contributed by atoms with Crippen LogP contribution in [0.5, 0.6) is 5.75 Å². The SMILES string of the molecule is CCCCC[C@@H](O)C(C)(C)c1cc(C=O)c(O)c(C(C)(C)C)c1. The molecule has 0 heterocycles. The Morgan fingerprint density at radius 2 is 1.74 bits per heavy atom. The largest absolute Gasteiger partial charge is 0.507 e. The van der Waals surface area contributed by atoms with E-state index in [1.54, 1.807) is 6.07 Å². The highest BCUT2D eigenvalue weighted by atomic mass is 16.3. The van der Waals surface area contributed by atoms with Crippen LogP contribution in [0.25, 0.3) is 0 Å². The molecule has 0 unspecified atom stereocenters. The van der Waals surface area contributed by atoms with Crippen molar-refractivity contribution in [2.45, 2.75) is 84.2 Å². The maximum atomic E-state index is 11.3. The molecule has 130 valence electrons. The van der Waals surface area contributed by atoms with Gasteiger partial charge < -0.3 is 10.2 Å². The summed E-state index contributed by atoms with van der Waals surface area (Å²) in [6.45, 7) is 12.2. The van der Waals surface area contributed by atoms with Crippen LogP contribution in [-0.2, 0) is 10.8 Å². The average molecular weight is 320 g/mol. The monoisotopic (exact) mass is 320 g/mol. The van der Waals surface area contributed by atoms with Crippen molar-refractivity contribution < 1.29 is 15.0 Å². The molecule has 3 heteroatoms. The quantitative estimate of drug-likeness (QED) is 0.564. The van der Waals surface area contributed by atoms with Crippen molar-refractivity contribution in [3.8, 4) is 5.75 Å². The first-order chi connectivity index (χ1) is 10.6. The number of phenolic OH excluding ortho intramolecular Hbond substituents is 1. The summed E-state index contributed by atoms with van der Waals surface area (Å²) in [4.78, 5) is 11.3. The molecule has 0 aliphatic carbocycles. The number of carbonyl (C=O) groups excluding carboxylic acids is 1. The lowest BCUT2D eigenvalue weighted by atomic mass is 9.74. The molecule has 0 aliphatic rings. The summed E-state index contributed by atoms with van der Waals surface area (Å²) in [6.07, 6.45) is 4.17. The first-order valence-corrected chi connectivity index (χ1v) is 8.56. The topological polar surface area (TPSA) is 57.5 Å². The summed E-state index contributed by atoms with van der Waals surface area (Å²) < 4.78 is 0. The highest BCUT2D eigenvalue weighted by Gasteiger charge is 2.32. The van der Waals surface area contributed by atoms with Gasteiger partial charge in [0.1, 0.15) is 5.75 Å². The summed E-state index contributed by atoms with van der Waals surface area (Å²) in [7, 11) is 0. The minimum Gasteiger partial charge on any atom is -0.507 e. The number of carbonyl (C=O) groups is 1. The van der Waals surface area contributed by atoms with Gasteiger partial charge in [0.25, 0.3) is 0 Å². The van der Waals surface area contributed by atoms with Gasteiger partial charge in [-0.15, -0.1) is 0 Å². The summed E-state index contributed by atoms with van der Waals surface area (Å²) >= 11 is 0. The van der Waals surface area contributed by atoms with Crippen LogP contribution >= 0.6 is 0 Å². The summed E-state index contributed by atoms with van der Waals surface area (Å²) in [5, 5.41) is 21.0. The van der Waals surface area contributed by atoms with Crippen LogP contribution in [0.2, 0.25) is 0 Å². The predicted molar refractivity (Wildman–Crippen MR) is 95.4 cm³/mol. The third-order valence-corrected chi connectivity index (χ3v) is 4.73. The number of aliphatic hydroxyl groups excluding tert-OH is 1. The fourth-order valence-corrected chi connectivity index (χ4v) is 2.83. The molecular weight excluding hydrogens is 288 g/mol. The van der Waals surface area contributed by atoms with Gasteiger partial charge in [-0.1, -0.05) is 66.9 Å². The molecule has 1 rings (SSSR count). The second-order valence-corrected chi connectivity index (χ2v) is 8.06. The van der Waals surface area contributed by atoms with Gasteiger partial charge in [0, 0.05) is 11.0 Å². The van der Waals surface area contributed by atoms with Crippen LogP contribution in [0, 0.1) is 0 Å². The Balaban J connectivity index is 3.27. The van der Waals surface area contributed by atoms with Crippen LogP contribution in [0.1, 0.15) is 88.7 Å². The number of hydrogen-bond donors (Lipinski definition) is 2. The van der Waals surface area contributed by atoms with Crippen molar-refractivity contribution in [3.05, 3.63) is 28.8 Å². The fourth-order valence-electron chi connectivity index (χ4n) is 2.83. The van der Waals surface area contributed by atoms with E-state index in [2.05, 4.69) is 6.92 Å². The zero-order valence-corrected chi connectivity index (χ0v) is 15.4. The Morgan fingerprint density at radius 1 is 1.13 bits per heavy atom. The number of rotatable bonds is 7. The Hall–Kier alpha value is -1.35. The molecule has 0 fully saturated rings. The Morgan fingerprint density at radius 3 is 2.22 bits per heavy atom. The molecule has 0 bridgehead atoms. The predicted octanol–water partition coefficient (Wildman–Crippen LogP) is 4.72. The molecule has 1 aromatic carbocycles. The second-order valence-electron chi connectivity index (χ2n) is 8.06. The van der Waals surface area contributed by atoms with Crippen molar-refractivity contribution >= 4 is 6.29 Å². The van der Waals surface area contributed by atoms with E-state index in [-0.39, 0.29) is 11.2 Å². The summed E-state index contributed by atoms with van der Waals surface area (Å²) in [5.74, 6) is 0.0486. The van der Waals surface area contributed by atoms with Crippen molar-refractivity contribution in [3.63, 3.8) is 0 Å². The lowest BCUT2D eigenvalue weighted by Gasteiger charge is -2.33. The zero-order chi connectivity index (χ0) is 17.8. The Kier molecular flexibility index (Phi) is 6.41. The van der Waals surface area contributed by atoms with Crippen LogP contribution in [-0.4, -0.2) is 22.6 Å². The van der Waals surface area contributed by atoms with E-state index in [1.165, 1.54) is 0 Å². The van der Waals surface area contributed by atoms with Crippen LogP contribution in [0.15, 0.2) is 12.1 Å². The van der Waals surface area contributed by atoms with Gasteiger partial charge in [-0.3, -0.25) is 4.79 Å². The molecule has 2 N–H and O–H groups in total. The summed E-state index contributed by atoms with van der Waals surface area (Å²) in [6, 6.07) is 3.64. The van der Waals surface area contributed by atoms with Crippen molar-refractivity contribution in [1.29, 1.82) is 0 Å². The highest BCUT2D eigenvalue weighted by Crippen LogP contribution is 2.39. The zero-order valence-electron chi connectivity index (χ0n) is 15.4. The molecule has 0 spiro atoms. The molecule has 0 saturated heterocycles. The normalized spacial score (nSPS) is 13.9. The van der Waals surface area contributed by atoms with Gasteiger partial charge in [0.2, 0.25) is 0 Å². The molecule has 3 nitrogen and oxygen atoms in total. The number of phenols is 1. The standard InChI is InChI=1S/C20H32O3/c1-7-8-9-10-17(22)20(5,6)15-11-14(13-21)18(23)16(12-15)19(2,3)4/h11-13,17,22-23H,7-10H2,1-6H3/t17-/m1/s1. The smallest absolute Gasteiger partial charge is 0.153 e. The van der Waals surface area contributed by atoms with E-state index in [4.69, 9.17) is 0 Å². The number of benzene rings is 1. The molecule has 0 aliphatic heterocycles. The van der Waals surface area contributed by atoms with Gasteiger partial charge in [-0.25, -0.2) is 0 Å². The number of unbranched alkanes of at least 4 members (excludes halogenated alkanes) is 2. The Labute approximate surface area is 140 Å². The van der Waals surface area contributed by atoms with Crippen LogP contribution < -0.4 is 0 Å². The van der Waals surface area contributed by atoms with E-state index in [1.807, 2.05) is 40.7 Å². The van der Waals surface area contributed by atoms with Crippen molar-refractivity contribution in [1.82, 2.24) is 0 Å². The van der Waals surface area contributed by atoms with Crippen LogP contribution in [0.3, 0.4) is 0 Å². The summed E-state index contributed by atoms with van der Waals surface area (Å²) in [5.41, 5.74) is 1.18. The number of aldehydes is 1. The van der Waals surface area contributed by atoms with E-state index < -0.39 is 11.5 Å². The number of aromatic hydroxyl groups is 1. The average Bonchev–Trinajstić information content (AvgIpc) is 2.46. The lowest BCUT2D eigenvalue weighted by molar-refractivity contribution is 0.0883. The van der Waals surface area contributed by atoms with Crippen LogP contribution in [0.4, 0.5) is 0 Å². The number of hydrogen-bond acceptors (Lipinski definition) is 3. The minimum absolute atomic E-state index is 0.0486. The van der Waals surface area contributed by atoms with Gasteiger partial charge in [0.15, 0.2) is 6.29 Å². The van der Waals surface area contributed by atoms with E-state index in [0.29, 0.717) is 11.8 Å². The molecular formula is C20H32O3. The van der Waals surface area contributed by atoms with Gasteiger partial charge >= 0.3 is 0 Å². The maximum Gasteiger partial charge on any atom is 0.153 e. The molecule has 0 saturated carbocycles. The van der Waals surface area contributed by atoms with Crippen molar-refractivity contribution in [2.75, 3.05) is 0 Å². The molecule has 0 radical (unpaired) electrons. The van der Waals surface area contributed by atoms with Gasteiger partial charge in [0.05, 0.1) is 11.7 Å². The first kappa shape index (κ1) is 19.7. The molecule has 1 atom stereocenters. The van der Waals surface area contributed by atoms with Crippen molar-refractivity contribution in [2.24, 2.45) is 0 Å². The third kappa shape index (κ3) is 4.57. The molecule has 0 amide bonds. The third-order valence-electron chi connectivity index (χ3n) is 4.73. The second kappa shape index (κ2) is 7.48. The van der Waals surface area contributed by atoms with E-state index in [9.17, 15) is 15.0 Å². The molecule has 0 aromatic heterocycles. The van der Waals surface area contributed by atoms with Gasteiger partial charge in [-0.2, -0.15) is 0 Å². The highest BCUT2D eigenvalue weighted by molar-refractivity contribution is 5.81. The molecule has 1 aromatic rings. The van der Waals surface area contributed by atoms with Gasteiger partial charge in [-0.05, 0) is 23.5 Å².